The van der Waals surface area contributed by atoms with Crippen molar-refractivity contribution in [2.75, 3.05) is 6.54 Å². The average molecular weight is 228 g/mol. The Kier molecular flexibility index (Phi) is 5.22. The molecule has 0 spiro atoms. The van der Waals surface area contributed by atoms with E-state index in [0.29, 0.717) is 18.9 Å². The lowest BCUT2D eigenvalue weighted by Crippen LogP contribution is -2.40. The zero-order valence-electron chi connectivity index (χ0n) is 10.3. The Balaban J connectivity index is 2.39. The summed E-state index contributed by atoms with van der Waals surface area (Å²) in [5.41, 5.74) is 5.65. The molecule has 0 radical (unpaired) electrons. The van der Waals surface area contributed by atoms with Crippen LogP contribution < -0.4 is 11.1 Å². The van der Waals surface area contributed by atoms with Gasteiger partial charge in [0.2, 0.25) is 5.91 Å². The Bertz CT molecular complexity index is 231. The second kappa shape index (κ2) is 6.21. The predicted octanol–water partition coefficient (Wildman–Crippen LogP) is 0.637. The molecular formula is C12H24N2O2. The van der Waals surface area contributed by atoms with Crippen LogP contribution in [0.15, 0.2) is 0 Å². The molecular weight excluding hydrogens is 204 g/mol. The van der Waals surface area contributed by atoms with Crippen molar-refractivity contribution in [2.45, 2.75) is 51.7 Å². The summed E-state index contributed by atoms with van der Waals surface area (Å²) in [5, 5.41) is 12.2. The summed E-state index contributed by atoms with van der Waals surface area (Å²) in [6.45, 7) is 4.26. The Morgan fingerprint density at radius 2 is 2.19 bits per heavy atom. The summed E-state index contributed by atoms with van der Waals surface area (Å²) in [6.07, 6.45) is 3.36. The molecule has 16 heavy (non-hydrogen) atoms. The van der Waals surface area contributed by atoms with Gasteiger partial charge < -0.3 is 16.2 Å². The monoisotopic (exact) mass is 228 g/mol. The summed E-state index contributed by atoms with van der Waals surface area (Å²) in [5.74, 6) is 0.543. The van der Waals surface area contributed by atoms with Gasteiger partial charge in [-0.25, -0.2) is 0 Å². The molecule has 4 N–H and O–H groups in total. The van der Waals surface area contributed by atoms with Crippen molar-refractivity contribution in [3.63, 3.8) is 0 Å². The number of nitrogens with two attached hydrogens (primary N) is 1. The Hall–Kier alpha value is -0.610. The lowest BCUT2D eigenvalue weighted by Gasteiger charge is -2.21. The van der Waals surface area contributed by atoms with Crippen LogP contribution >= 0.6 is 0 Å². The van der Waals surface area contributed by atoms with Crippen molar-refractivity contribution in [1.82, 2.24) is 5.32 Å². The minimum atomic E-state index is -0.371. The lowest BCUT2D eigenvalue weighted by molar-refractivity contribution is -0.126. The standard InChI is InChI=1S/C12H24N2O2/c1-8(6-9(2)15)14-12(16)11-5-3-4-10(11)7-13/h8-11,15H,3-7,13H2,1-2H3,(H,14,16). The molecule has 0 saturated heterocycles. The molecule has 0 heterocycles. The first-order valence-corrected chi connectivity index (χ1v) is 6.23. The smallest absolute Gasteiger partial charge is 0.223 e. The molecule has 4 atom stereocenters. The molecule has 1 rings (SSSR count). The summed E-state index contributed by atoms with van der Waals surface area (Å²) in [4.78, 5) is 12.0. The van der Waals surface area contributed by atoms with Gasteiger partial charge >= 0.3 is 0 Å². The third-order valence-corrected chi connectivity index (χ3v) is 3.38. The second-order valence-corrected chi connectivity index (χ2v) is 5.03. The first-order valence-electron chi connectivity index (χ1n) is 6.23. The van der Waals surface area contributed by atoms with Crippen molar-refractivity contribution < 1.29 is 9.90 Å². The lowest BCUT2D eigenvalue weighted by atomic mass is 9.95. The van der Waals surface area contributed by atoms with Crippen LogP contribution in [0.2, 0.25) is 0 Å². The van der Waals surface area contributed by atoms with E-state index in [4.69, 9.17) is 5.73 Å². The molecule has 0 aromatic heterocycles. The summed E-state index contributed by atoms with van der Waals surface area (Å²) < 4.78 is 0. The van der Waals surface area contributed by atoms with E-state index in [2.05, 4.69) is 5.32 Å². The maximum absolute atomic E-state index is 12.0. The van der Waals surface area contributed by atoms with Gasteiger partial charge in [-0.15, -0.1) is 0 Å². The van der Waals surface area contributed by atoms with Crippen molar-refractivity contribution >= 4 is 5.91 Å². The first kappa shape index (κ1) is 13.5. The van der Waals surface area contributed by atoms with E-state index in [0.717, 1.165) is 19.3 Å². The highest BCUT2D eigenvalue weighted by atomic mass is 16.3. The van der Waals surface area contributed by atoms with Crippen molar-refractivity contribution in [3.05, 3.63) is 0 Å². The fraction of sp³-hybridized carbons (Fsp3) is 0.917. The van der Waals surface area contributed by atoms with E-state index in [1.807, 2.05) is 6.92 Å². The van der Waals surface area contributed by atoms with Gasteiger partial charge in [-0.3, -0.25) is 4.79 Å². The van der Waals surface area contributed by atoms with Crippen LogP contribution in [0, 0.1) is 11.8 Å². The summed E-state index contributed by atoms with van der Waals surface area (Å²) in [7, 11) is 0. The summed E-state index contributed by atoms with van der Waals surface area (Å²) >= 11 is 0. The van der Waals surface area contributed by atoms with Crippen LogP contribution in [0.25, 0.3) is 0 Å². The highest BCUT2D eigenvalue weighted by molar-refractivity contribution is 5.79. The minimum absolute atomic E-state index is 0.0338. The van der Waals surface area contributed by atoms with Crippen LogP contribution in [-0.4, -0.2) is 29.7 Å². The highest BCUT2D eigenvalue weighted by Gasteiger charge is 2.32. The maximum Gasteiger partial charge on any atom is 0.223 e. The van der Waals surface area contributed by atoms with Crippen LogP contribution in [-0.2, 0) is 4.79 Å². The molecule has 1 fully saturated rings. The third-order valence-electron chi connectivity index (χ3n) is 3.38. The predicted molar refractivity (Wildman–Crippen MR) is 63.8 cm³/mol. The number of carbonyl (C=O) groups excluding carboxylic acids is 1. The van der Waals surface area contributed by atoms with Gasteiger partial charge in [-0.05, 0) is 45.6 Å². The number of hydrogen-bond acceptors (Lipinski definition) is 3. The highest BCUT2D eigenvalue weighted by Crippen LogP contribution is 2.31. The summed E-state index contributed by atoms with van der Waals surface area (Å²) in [6, 6.07) is 0.0338. The average Bonchev–Trinajstić information content (AvgIpc) is 2.63. The van der Waals surface area contributed by atoms with Crippen molar-refractivity contribution in [3.8, 4) is 0 Å². The van der Waals surface area contributed by atoms with E-state index < -0.39 is 0 Å². The number of aliphatic hydroxyl groups is 1. The fourth-order valence-corrected chi connectivity index (χ4v) is 2.58. The molecule has 0 bridgehead atoms. The first-order chi connectivity index (χ1) is 7.54. The van der Waals surface area contributed by atoms with Gasteiger partial charge in [-0.1, -0.05) is 6.42 Å². The molecule has 1 amide bonds. The molecule has 0 aromatic carbocycles. The molecule has 4 nitrogen and oxygen atoms in total. The Morgan fingerprint density at radius 3 is 2.75 bits per heavy atom. The molecule has 1 aliphatic carbocycles. The number of nitrogens with one attached hydrogen (secondary N) is 1. The normalized spacial score (nSPS) is 28.8. The second-order valence-electron chi connectivity index (χ2n) is 5.03. The zero-order valence-corrected chi connectivity index (χ0v) is 10.3. The van der Waals surface area contributed by atoms with Crippen LogP contribution in [0.4, 0.5) is 0 Å². The SMILES string of the molecule is CC(O)CC(C)NC(=O)C1CCCC1CN. The molecule has 4 unspecified atom stereocenters. The van der Waals surface area contributed by atoms with Crippen LogP contribution in [0.1, 0.15) is 39.5 Å². The van der Waals surface area contributed by atoms with Gasteiger partial charge in [0.05, 0.1) is 6.10 Å². The molecule has 1 aliphatic rings. The van der Waals surface area contributed by atoms with E-state index in [-0.39, 0.29) is 24.0 Å². The zero-order chi connectivity index (χ0) is 12.1. The largest absolute Gasteiger partial charge is 0.393 e. The van der Waals surface area contributed by atoms with E-state index in [1.165, 1.54) is 0 Å². The van der Waals surface area contributed by atoms with E-state index in [9.17, 15) is 9.90 Å². The number of hydrogen-bond donors (Lipinski definition) is 3. The quantitative estimate of drug-likeness (QED) is 0.646. The molecule has 0 aliphatic heterocycles. The van der Waals surface area contributed by atoms with Crippen molar-refractivity contribution in [2.24, 2.45) is 17.6 Å². The molecule has 94 valence electrons. The van der Waals surface area contributed by atoms with Crippen LogP contribution in [0.5, 0.6) is 0 Å². The minimum Gasteiger partial charge on any atom is -0.393 e. The number of amides is 1. The van der Waals surface area contributed by atoms with Gasteiger partial charge in [0.25, 0.3) is 0 Å². The van der Waals surface area contributed by atoms with Crippen molar-refractivity contribution in [1.29, 1.82) is 0 Å². The van der Waals surface area contributed by atoms with E-state index >= 15 is 0 Å². The number of carbonyl (C=O) groups is 1. The third kappa shape index (κ3) is 3.76. The van der Waals surface area contributed by atoms with Gasteiger partial charge in [-0.2, -0.15) is 0 Å². The van der Waals surface area contributed by atoms with Gasteiger partial charge in [0, 0.05) is 12.0 Å². The molecule has 4 heteroatoms. The fourth-order valence-electron chi connectivity index (χ4n) is 2.58. The Labute approximate surface area is 97.6 Å². The maximum atomic E-state index is 12.0. The van der Waals surface area contributed by atoms with Gasteiger partial charge in [0.1, 0.15) is 0 Å². The number of rotatable bonds is 5. The van der Waals surface area contributed by atoms with Crippen LogP contribution in [0.3, 0.4) is 0 Å². The van der Waals surface area contributed by atoms with E-state index in [1.54, 1.807) is 6.92 Å². The topological polar surface area (TPSA) is 75.3 Å². The van der Waals surface area contributed by atoms with Gasteiger partial charge in [0.15, 0.2) is 0 Å². The Morgan fingerprint density at radius 1 is 1.50 bits per heavy atom. The number of aliphatic hydroxyl groups excluding tert-OH is 1. The molecule has 0 aromatic rings. The molecule has 1 saturated carbocycles.